The number of nitrogens with zero attached hydrogens (tertiary/aromatic N) is 1. The van der Waals surface area contributed by atoms with Gasteiger partial charge in [0.1, 0.15) is 6.54 Å². The molecule has 0 spiro atoms. The third-order valence-corrected chi connectivity index (χ3v) is 3.34. The molecule has 0 fully saturated rings. The van der Waals surface area contributed by atoms with Crippen molar-refractivity contribution >= 4 is 16.9 Å². The first-order chi connectivity index (χ1) is 9.47. The lowest BCUT2D eigenvalue weighted by atomic mass is 10.0. The van der Waals surface area contributed by atoms with E-state index in [2.05, 4.69) is 13.8 Å². The van der Waals surface area contributed by atoms with Crippen LogP contribution < -0.4 is 9.47 Å². The molecule has 0 saturated carbocycles. The second-order valence-corrected chi connectivity index (χ2v) is 4.99. The van der Waals surface area contributed by atoms with Crippen LogP contribution in [0, 0.1) is 0 Å². The van der Waals surface area contributed by atoms with Crippen LogP contribution >= 0.6 is 0 Å². The molecule has 0 aliphatic heterocycles. The van der Waals surface area contributed by atoms with Crippen molar-refractivity contribution in [1.82, 2.24) is 4.57 Å². The van der Waals surface area contributed by atoms with Crippen molar-refractivity contribution in [3.05, 3.63) is 23.9 Å². The molecular weight excluding hydrogens is 258 g/mol. The lowest BCUT2D eigenvalue weighted by molar-refractivity contribution is -0.137. The van der Waals surface area contributed by atoms with Crippen molar-refractivity contribution in [2.24, 2.45) is 0 Å². The first-order valence-corrected chi connectivity index (χ1v) is 6.44. The molecule has 1 N–H and O–H groups in total. The van der Waals surface area contributed by atoms with Crippen LogP contribution in [-0.2, 0) is 11.3 Å². The molecule has 5 nitrogen and oxygen atoms in total. The van der Waals surface area contributed by atoms with Gasteiger partial charge in [-0.2, -0.15) is 0 Å². The predicted molar refractivity (Wildman–Crippen MR) is 76.8 cm³/mol. The van der Waals surface area contributed by atoms with Crippen LogP contribution in [0.4, 0.5) is 0 Å². The van der Waals surface area contributed by atoms with Gasteiger partial charge in [0.25, 0.3) is 0 Å². The van der Waals surface area contributed by atoms with E-state index in [1.165, 1.54) is 0 Å². The standard InChI is InChI=1S/C15H19NO4/c1-9(2)11-7-16(8-15(17)18)12-6-14(20-4)13(19-3)5-10(11)12/h5-7,9H,8H2,1-4H3,(H,17,18). The molecule has 0 aliphatic carbocycles. The third-order valence-electron chi connectivity index (χ3n) is 3.34. The average Bonchev–Trinajstić information content (AvgIpc) is 2.74. The Morgan fingerprint density at radius 2 is 1.85 bits per heavy atom. The second-order valence-electron chi connectivity index (χ2n) is 4.99. The van der Waals surface area contributed by atoms with Gasteiger partial charge in [0.15, 0.2) is 11.5 Å². The maximum atomic E-state index is 11.0. The molecular formula is C15H19NO4. The Labute approximate surface area is 117 Å². The van der Waals surface area contributed by atoms with Crippen molar-refractivity contribution in [1.29, 1.82) is 0 Å². The van der Waals surface area contributed by atoms with Gasteiger partial charge in [-0.1, -0.05) is 13.8 Å². The number of carbonyl (C=O) groups is 1. The van der Waals surface area contributed by atoms with E-state index in [-0.39, 0.29) is 6.54 Å². The molecule has 0 unspecified atom stereocenters. The van der Waals surface area contributed by atoms with Crippen LogP contribution in [0.3, 0.4) is 0 Å². The van der Waals surface area contributed by atoms with Gasteiger partial charge in [-0.3, -0.25) is 4.79 Å². The average molecular weight is 277 g/mol. The van der Waals surface area contributed by atoms with E-state index in [0.717, 1.165) is 16.5 Å². The Balaban J connectivity index is 2.72. The minimum Gasteiger partial charge on any atom is -0.493 e. The van der Waals surface area contributed by atoms with Crippen molar-refractivity contribution in [2.75, 3.05) is 14.2 Å². The molecule has 2 rings (SSSR count). The lowest BCUT2D eigenvalue weighted by Crippen LogP contribution is -2.07. The summed E-state index contributed by atoms with van der Waals surface area (Å²) in [5, 5.41) is 10.0. The molecule has 20 heavy (non-hydrogen) atoms. The van der Waals surface area contributed by atoms with Crippen LogP contribution in [0.5, 0.6) is 11.5 Å². The Kier molecular flexibility index (Phi) is 3.88. The van der Waals surface area contributed by atoms with Gasteiger partial charge in [-0.25, -0.2) is 0 Å². The zero-order valence-corrected chi connectivity index (χ0v) is 12.1. The molecule has 1 aromatic heterocycles. The summed E-state index contributed by atoms with van der Waals surface area (Å²) in [6.07, 6.45) is 1.89. The molecule has 0 aliphatic rings. The zero-order chi connectivity index (χ0) is 14.9. The minimum atomic E-state index is -0.869. The summed E-state index contributed by atoms with van der Waals surface area (Å²) in [4.78, 5) is 11.0. The van der Waals surface area contributed by atoms with E-state index in [4.69, 9.17) is 14.6 Å². The fourth-order valence-corrected chi connectivity index (χ4v) is 2.38. The number of aliphatic carboxylic acids is 1. The second kappa shape index (κ2) is 5.45. The highest BCUT2D eigenvalue weighted by molar-refractivity contribution is 5.89. The SMILES string of the molecule is COc1cc2c(C(C)C)cn(CC(=O)O)c2cc1OC. The molecule has 2 aromatic rings. The van der Waals surface area contributed by atoms with Crippen molar-refractivity contribution in [3.63, 3.8) is 0 Å². The highest BCUT2D eigenvalue weighted by Gasteiger charge is 2.16. The number of fused-ring (bicyclic) bond motifs is 1. The summed E-state index contributed by atoms with van der Waals surface area (Å²) in [5.74, 6) is 0.674. The first-order valence-electron chi connectivity index (χ1n) is 6.44. The number of methoxy groups -OCH3 is 2. The first kappa shape index (κ1) is 14.2. The number of hydrogen-bond donors (Lipinski definition) is 1. The van der Waals surface area contributed by atoms with Crippen LogP contribution in [0.25, 0.3) is 10.9 Å². The molecule has 0 bridgehead atoms. The number of aromatic nitrogens is 1. The molecule has 0 radical (unpaired) electrons. The summed E-state index contributed by atoms with van der Waals surface area (Å²) >= 11 is 0. The summed E-state index contributed by atoms with van der Waals surface area (Å²) < 4.78 is 12.3. The molecule has 1 heterocycles. The number of rotatable bonds is 5. The molecule has 0 amide bonds. The van der Waals surface area contributed by atoms with Crippen molar-refractivity contribution in [3.8, 4) is 11.5 Å². The number of carboxylic acids is 1. The fraction of sp³-hybridized carbons (Fsp3) is 0.400. The summed E-state index contributed by atoms with van der Waals surface area (Å²) in [5.41, 5.74) is 1.94. The van der Waals surface area contributed by atoms with Crippen LogP contribution in [0.1, 0.15) is 25.3 Å². The van der Waals surface area contributed by atoms with E-state index in [1.807, 2.05) is 18.3 Å². The third kappa shape index (κ3) is 2.43. The van der Waals surface area contributed by atoms with Gasteiger partial charge in [0.2, 0.25) is 0 Å². The van der Waals surface area contributed by atoms with E-state index < -0.39 is 5.97 Å². The molecule has 1 aromatic carbocycles. The van der Waals surface area contributed by atoms with E-state index >= 15 is 0 Å². The van der Waals surface area contributed by atoms with Crippen LogP contribution in [-0.4, -0.2) is 29.9 Å². The quantitative estimate of drug-likeness (QED) is 0.913. The summed E-state index contributed by atoms with van der Waals surface area (Å²) in [6.45, 7) is 4.09. The molecule has 108 valence electrons. The van der Waals surface area contributed by atoms with Gasteiger partial charge < -0.3 is 19.1 Å². The Morgan fingerprint density at radius 1 is 1.25 bits per heavy atom. The van der Waals surface area contributed by atoms with Gasteiger partial charge in [-0.05, 0) is 17.5 Å². The number of ether oxygens (including phenoxy) is 2. The molecule has 5 heteroatoms. The van der Waals surface area contributed by atoms with Gasteiger partial charge in [-0.15, -0.1) is 0 Å². The Hall–Kier alpha value is -2.17. The fourth-order valence-electron chi connectivity index (χ4n) is 2.38. The smallest absolute Gasteiger partial charge is 0.323 e. The molecule has 0 saturated heterocycles. The maximum Gasteiger partial charge on any atom is 0.323 e. The predicted octanol–water partition coefficient (Wildman–Crippen LogP) is 2.87. The number of carboxylic acid groups (broad SMARTS) is 1. The highest BCUT2D eigenvalue weighted by Crippen LogP contribution is 2.36. The zero-order valence-electron chi connectivity index (χ0n) is 12.1. The van der Waals surface area contributed by atoms with Gasteiger partial charge >= 0.3 is 5.97 Å². The maximum absolute atomic E-state index is 11.0. The minimum absolute atomic E-state index is 0.0707. The van der Waals surface area contributed by atoms with Crippen LogP contribution in [0.2, 0.25) is 0 Å². The topological polar surface area (TPSA) is 60.7 Å². The Bertz CT molecular complexity index is 643. The summed E-state index contributed by atoms with van der Waals surface area (Å²) in [7, 11) is 3.16. The van der Waals surface area contributed by atoms with Crippen molar-refractivity contribution in [2.45, 2.75) is 26.3 Å². The van der Waals surface area contributed by atoms with Gasteiger partial charge in [0, 0.05) is 17.6 Å². The largest absolute Gasteiger partial charge is 0.493 e. The van der Waals surface area contributed by atoms with E-state index in [0.29, 0.717) is 17.4 Å². The monoisotopic (exact) mass is 277 g/mol. The van der Waals surface area contributed by atoms with E-state index in [1.54, 1.807) is 18.8 Å². The Morgan fingerprint density at radius 3 is 2.35 bits per heavy atom. The summed E-state index contributed by atoms with van der Waals surface area (Å²) in [6, 6.07) is 3.73. The van der Waals surface area contributed by atoms with Crippen LogP contribution in [0.15, 0.2) is 18.3 Å². The molecule has 0 atom stereocenters. The normalized spacial score (nSPS) is 11.1. The number of hydrogen-bond acceptors (Lipinski definition) is 3. The number of benzene rings is 1. The van der Waals surface area contributed by atoms with Gasteiger partial charge in [0.05, 0.1) is 19.7 Å². The van der Waals surface area contributed by atoms with Crippen molar-refractivity contribution < 1.29 is 19.4 Å². The lowest BCUT2D eigenvalue weighted by Gasteiger charge is -2.09. The van der Waals surface area contributed by atoms with E-state index in [9.17, 15) is 4.79 Å². The highest BCUT2D eigenvalue weighted by atomic mass is 16.5.